The van der Waals surface area contributed by atoms with Crippen LogP contribution in [0.3, 0.4) is 0 Å². The van der Waals surface area contributed by atoms with Gasteiger partial charge in [-0.2, -0.15) is 0 Å². The normalized spacial score (nSPS) is 14.9. The van der Waals surface area contributed by atoms with E-state index in [-0.39, 0.29) is 24.2 Å². The van der Waals surface area contributed by atoms with E-state index < -0.39 is 0 Å². The van der Waals surface area contributed by atoms with Gasteiger partial charge in [-0.25, -0.2) is 0 Å². The lowest BCUT2D eigenvalue weighted by Gasteiger charge is -2.25. The molecule has 0 radical (unpaired) electrons. The SMILES string of the molecule is CCCC(N)C(CO)Oc1ccc(C(C)(C)CC)cc1. The summed E-state index contributed by atoms with van der Waals surface area (Å²) in [5.41, 5.74) is 7.49. The van der Waals surface area contributed by atoms with Crippen molar-refractivity contribution in [3.05, 3.63) is 29.8 Å². The standard InChI is InChI=1S/C17H29NO2/c1-5-7-15(18)16(12-19)20-14-10-8-13(9-11-14)17(3,4)6-2/h8-11,15-16,19H,5-7,12,18H2,1-4H3. The number of ether oxygens (including phenoxy) is 1. The second-order valence-corrected chi connectivity index (χ2v) is 6.05. The molecule has 0 aliphatic heterocycles. The minimum absolute atomic E-state index is 0.0522. The summed E-state index contributed by atoms with van der Waals surface area (Å²) in [7, 11) is 0. The lowest BCUT2D eigenvalue weighted by molar-refractivity contribution is 0.0916. The van der Waals surface area contributed by atoms with E-state index >= 15 is 0 Å². The van der Waals surface area contributed by atoms with Crippen LogP contribution in [0.25, 0.3) is 0 Å². The van der Waals surface area contributed by atoms with Crippen molar-refractivity contribution < 1.29 is 9.84 Å². The van der Waals surface area contributed by atoms with Crippen LogP contribution < -0.4 is 10.5 Å². The number of aliphatic hydroxyl groups is 1. The van der Waals surface area contributed by atoms with Gasteiger partial charge in [0.15, 0.2) is 0 Å². The number of aliphatic hydroxyl groups excluding tert-OH is 1. The van der Waals surface area contributed by atoms with Gasteiger partial charge in [-0.3, -0.25) is 0 Å². The lowest BCUT2D eigenvalue weighted by Crippen LogP contribution is -2.41. The van der Waals surface area contributed by atoms with Crippen LogP contribution in [0.15, 0.2) is 24.3 Å². The molecule has 0 saturated heterocycles. The monoisotopic (exact) mass is 279 g/mol. The van der Waals surface area contributed by atoms with Crippen molar-refractivity contribution in [2.75, 3.05) is 6.61 Å². The maximum Gasteiger partial charge on any atom is 0.137 e. The molecule has 0 aromatic heterocycles. The number of hydrogen-bond acceptors (Lipinski definition) is 3. The van der Waals surface area contributed by atoms with Gasteiger partial charge in [0.25, 0.3) is 0 Å². The Kier molecular flexibility index (Phi) is 6.50. The summed E-state index contributed by atoms with van der Waals surface area (Å²) in [6, 6.07) is 8.00. The molecule has 1 aromatic rings. The first-order valence-corrected chi connectivity index (χ1v) is 7.58. The first-order chi connectivity index (χ1) is 9.44. The highest BCUT2D eigenvalue weighted by Gasteiger charge is 2.20. The summed E-state index contributed by atoms with van der Waals surface area (Å²) in [5.74, 6) is 0.770. The predicted octanol–water partition coefficient (Wildman–Crippen LogP) is 3.24. The minimum atomic E-state index is -0.333. The summed E-state index contributed by atoms with van der Waals surface area (Å²) in [4.78, 5) is 0. The van der Waals surface area contributed by atoms with Crippen LogP contribution in [0.2, 0.25) is 0 Å². The van der Waals surface area contributed by atoms with Crippen LogP contribution in [0, 0.1) is 0 Å². The van der Waals surface area contributed by atoms with Crippen molar-refractivity contribution in [1.29, 1.82) is 0 Å². The van der Waals surface area contributed by atoms with Gasteiger partial charge in [0.2, 0.25) is 0 Å². The van der Waals surface area contributed by atoms with E-state index in [1.165, 1.54) is 5.56 Å². The average molecular weight is 279 g/mol. The van der Waals surface area contributed by atoms with Crippen LogP contribution >= 0.6 is 0 Å². The highest BCUT2D eigenvalue weighted by Crippen LogP contribution is 2.28. The van der Waals surface area contributed by atoms with E-state index in [2.05, 4.69) is 39.8 Å². The number of nitrogens with two attached hydrogens (primary N) is 1. The zero-order valence-corrected chi connectivity index (χ0v) is 13.2. The summed E-state index contributed by atoms with van der Waals surface area (Å²) < 4.78 is 5.80. The maximum atomic E-state index is 9.40. The highest BCUT2D eigenvalue weighted by atomic mass is 16.5. The summed E-state index contributed by atoms with van der Waals surface area (Å²) in [5, 5.41) is 9.40. The van der Waals surface area contributed by atoms with E-state index in [4.69, 9.17) is 10.5 Å². The Hall–Kier alpha value is -1.06. The van der Waals surface area contributed by atoms with E-state index in [0.717, 1.165) is 25.0 Å². The Morgan fingerprint density at radius 3 is 2.25 bits per heavy atom. The predicted molar refractivity (Wildman–Crippen MR) is 84.1 cm³/mol. The fourth-order valence-electron chi connectivity index (χ4n) is 2.14. The molecule has 1 aromatic carbocycles. The minimum Gasteiger partial charge on any atom is -0.486 e. The van der Waals surface area contributed by atoms with Crippen molar-refractivity contribution in [1.82, 2.24) is 0 Å². The fourth-order valence-corrected chi connectivity index (χ4v) is 2.14. The van der Waals surface area contributed by atoms with Crippen molar-refractivity contribution >= 4 is 0 Å². The first-order valence-electron chi connectivity index (χ1n) is 7.58. The lowest BCUT2D eigenvalue weighted by atomic mass is 9.82. The number of benzene rings is 1. The molecule has 2 unspecified atom stereocenters. The molecule has 0 aliphatic rings. The first kappa shape index (κ1) is 17.0. The second-order valence-electron chi connectivity index (χ2n) is 6.05. The molecule has 114 valence electrons. The fraction of sp³-hybridized carbons (Fsp3) is 0.647. The topological polar surface area (TPSA) is 55.5 Å². The summed E-state index contributed by atoms with van der Waals surface area (Å²) >= 11 is 0. The third-order valence-corrected chi connectivity index (χ3v) is 4.09. The Bertz CT molecular complexity index is 386. The van der Waals surface area contributed by atoms with E-state index in [1.807, 2.05) is 12.1 Å². The molecule has 1 rings (SSSR count). The summed E-state index contributed by atoms with van der Waals surface area (Å²) in [6.07, 6.45) is 2.60. The van der Waals surface area contributed by atoms with Crippen molar-refractivity contribution in [3.8, 4) is 5.75 Å². The molecule has 0 bridgehead atoms. The van der Waals surface area contributed by atoms with Gasteiger partial charge >= 0.3 is 0 Å². The van der Waals surface area contributed by atoms with Gasteiger partial charge in [0, 0.05) is 6.04 Å². The zero-order chi connectivity index (χ0) is 15.2. The van der Waals surface area contributed by atoms with Gasteiger partial charge in [0.1, 0.15) is 11.9 Å². The molecule has 0 heterocycles. The largest absolute Gasteiger partial charge is 0.486 e. The molecule has 0 fully saturated rings. The molecule has 0 spiro atoms. The molecule has 3 heteroatoms. The van der Waals surface area contributed by atoms with Gasteiger partial charge in [-0.05, 0) is 36.0 Å². The van der Waals surface area contributed by atoms with Crippen LogP contribution in [0.4, 0.5) is 0 Å². The van der Waals surface area contributed by atoms with Gasteiger partial charge in [-0.1, -0.05) is 46.2 Å². The number of hydrogen-bond donors (Lipinski definition) is 2. The summed E-state index contributed by atoms with van der Waals surface area (Å²) in [6.45, 7) is 8.68. The van der Waals surface area contributed by atoms with Crippen LogP contribution in [-0.2, 0) is 5.41 Å². The molecule has 3 nitrogen and oxygen atoms in total. The third-order valence-electron chi connectivity index (χ3n) is 4.09. The zero-order valence-electron chi connectivity index (χ0n) is 13.2. The molecule has 2 atom stereocenters. The Balaban J connectivity index is 2.73. The van der Waals surface area contributed by atoms with Crippen molar-refractivity contribution in [2.24, 2.45) is 5.73 Å². The van der Waals surface area contributed by atoms with Crippen LogP contribution in [0.1, 0.15) is 52.5 Å². The molecule has 0 aliphatic carbocycles. The van der Waals surface area contributed by atoms with E-state index in [0.29, 0.717) is 0 Å². The van der Waals surface area contributed by atoms with Gasteiger partial charge in [-0.15, -0.1) is 0 Å². The molecule has 20 heavy (non-hydrogen) atoms. The average Bonchev–Trinajstić information content (AvgIpc) is 2.45. The van der Waals surface area contributed by atoms with Gasteiger partial charge < -0.3 is 15.6 Å². The van der Waals surface area contributed by atoms with Crippen LogP contribution in [-0.4, -0.2) is 23.9 Å². The van der Waals surface area contributed by atoms with Crippen molar-refractivity contribution in [2.45, 2.75) is 64.5 Å². The molecular formula is C17H29NO2. The smallest absolute Gasteiger partial charge is 0.137 e. The Labute approximate surface area is 123 Å². The van der Waals surface area contributed by atoms with Crippen molar-refractivity contribution in [3.63, 3.8) is 0 Å². The highest BCUT2D eigenvalue weighted by molar-refractivity contribution is 5.31. The molecular weight excluding hydrogens is 250 g/mol. The van der Waals surface area contributed by atoms with Gasteiger partial charge in [0.05, 0.1) is 6.61 Å². The third kappa shape index (κ3) is 4.50. The second kappa shape index (κ2) is 7.65. The Morgan fingerprint density at radius 1 is 1.20 bits per heavy atom. The van der Waals surface area contributed by atoms with E-state index in [9.17, 15) is 5.11 Å². The number of rotatable bonds is 8. The molecule has 0 amide bonds. The van der Waals surface area contributed by atoms with Crippen LogP contribution in [0.5, 0.6) is 5.75 Å². The quantitative estimate of drug-likeness (QED) is 0.768. The van der Waals surface area contributed by atoms with E-state index in [1.54, 1.807) is 0 Å². The molecule has 3 N–H and O–H groups in total. The maximum absolute atomic E-state index is 9.40. The Morgan fingerprint density at radius 2 is 1.80 bits per heavy atom. The molecule has 0 saturated carbocycles.